The Morgan fingerprint density at radius 1 is 1.04 bits per heavy atom. The lowest BCUT2D eigenvalue weighted by atomic mass is 9.99. The number of alkyl halides is 3. The summed E-state index contributed by atoms with van der Waals surface area (Å²) in [5.74, 6) is -1.26. The normalized spacial score (nSPS) is 12.9. The SMILES string of the molecule is Cc1csc(CN(C)C(=O)c2cc(C(=O)N[C@@H](Cc3ccccc3)[C@H](O)CN(C)c3cncc(C(C)(C)F)c3)cc(C(F)F)c2)n1. The molecule has 0 fully saturated rings. The molecule has 4 rings (SSSR count). The number of amides is 2. The van der Waals surface area contributed by atoms with Crippen LogP contribution in [0.2, 0.25) is 0 Å². The zero-order valence-corrected chi connectivity index (χ0v) is 27.2. The van der Waals surface area contributed by atoms with Gasteiger partial charge >= 0.3 is 0 Å². The van der Waals surface area contributed by atoms with Crippen LogP contribution in [0.1, 0.15) is 68.4 Å². The third-order valence-corrected chi connectivity index (χ3v) is 8.44. The maximum Gasteiger partial charge on any atom is 0.263 e. The van der Waals surface area contributed by atoms with E-state index in [0.717, 1.165) is 23.4 Å². The summed E-state index contributed by atoms with van der Waals surface area (Å²) >= 11 is 1.38. The molecule has 0 saturated heterocycles. The molecule has 244 valence electrons. The number of hydrogen-bond acceptors (Lipinski definition) is 7. The lowest BCUT2D eigenvalue weighted by Gasteiger charge is -2.29. The molecule has 0 spiro atoms. The van der Waals surface area contributed by atoms with Crippen LogP contribution >= 0.6 is 11.3 Å². The molecule has 46 heavy (non-hydrogen) atoms. The van der Waals surface area contributed by atoms with Gasteiger partial charge in [-0.25, -0.2) is 18.2 Å². The molecule has 2 atom stereocenters. The number of aryl methyl sites for hydroxylation is 1. The number of anilines is 1. The minimum atomic E-state index is -2.93. The van der Waals surface area contributed by atoms with Crippen LogP contribution in [0, 0.1) is 6.92 Å². The highest BCUT2D eigenvalue weighted by Gasteiger charge is 2.27. The van der Waals surface area contributed by atoms with E-state index in [1.807, 2.05) is 42.6 Å². The highest BCUT2D eigenvalue weighted by molar-refractivity contribution is 7.09. The highest BCUT2D eigenvalue weighted by atomic mass is 32.1. The average molecular weight is 654 g/mol. The monoisotopic (exact) mass is 653 g/mol. The molecule has 0 radical (unpaired) electrons. The molecule has 0 saturated carbocycles. The minimum absolute atomic E-state index is 0.0391. The first kappa shape index (κ1) is 34.6. The maximum atomic E-state index is 14.6. The Bertz CT molecular complexity index is 1640. The van der Waals surface area contributed by atoms with Gasteiger partial charge in [-0.05, 0) is 57.0 Å². The van der Waals surface area contributed by atoms with Crippen LogP contribution in [0.25, 0.3) is 0 Å². The molecule has 2 heterocycles. The molecule has 0 aliphatic carbocycles. The van der Waals surface area contributed by atoms with Gasteiger partial charge in [-0.15, -0.1) is 11.3 Å². The van der Waals surface area contributed by atoms with Crippen molar-refractivity contribution >= 4 is 28.8 Å². The van der Waals surface area contributed by atoms with Gasteiger partial charge in [-0.1, -0.05) is 30.3 Å². The number of hydrogen-bond donors (Lipinski definition) is 2. The smallest absolute Gasteiger partial charge is 0.263 e. The fourth-order valence-corrected chi connectivity index (χ4v) is 5.70. The molecule has 0 aliphatic heterocycles. The molecule has 4 aromatic rings. The zero-order valence-electron chi connectivity index (χ0n) is 26.4. The van der Waals surface area contributed by atoms with Crippen LogP contribution in [-0.2, 0) is 18.6 Å². The molecule has 2 aromatic carbocycles. The van der Waals surface area contributed by atoms with E-state index in [0.29, 0.717) is 16.3 Å². The number of aromatic nitrogens is 2. The number of aliphatic hydroxyl groups excluding tert-OH is 1. The Morgan fingerprint density at radius 2 is 1.74 bits per heavy atom. The molecule has 0 unspecified atom stereocenters. The predicted octanol–water partition coefficient (Wildman–Crippen LogP) is 6.10. The van der Waals surface area contributed by atoms with Crippen LogP contribution < -0.4 is 10.2 Å². The van der Waals surface area contributed by atoms with Crippen molar-refractivity contribution in [3.05, 3.63) is 111 Å². The average Bonchev–Trinajstić information content (AvgIpc) is 3.44. The third kappa shape index (κ3) is 9.13. The van der Waals surface area contributed by atoms with Crippen molar-refractivity contribution in [1.29, 1.82) is 0 Å². The van der Waals surface area contributed by atoms with Crippen molar-refractivity contribution in [1.82, 2.24) is 20.2 Å². The second-order valence-electron chi connectivity index (χ2n) is 11.8. The largest absolute Gasteiger partial charge is 0.389 e. The van der Waals surface area contributed by atoms with Crippen LogP contribution in [0.15, 0.2) is 72.4 Å². The standard InChI is InChI=1S/C34H38F3N5O3S/c1-21-20-46-30(39-21)19-42(5)33(45)25-13-23(31(35)36)12-24(14-25)32(44)40-28(11-22-9-7-6-8-10-22)29(43)18-41(4)27-15-26(16-38-17-27)34(2,3)37/h6-10,12-17,20,28-29,31,43H,11,18-19H2,1-5H3,(H,40,44)/t28-,29+/m0/s1. The van der Waals surface area contributed by atoms with Crippen molar-refractivity contribution < 1.29 is 27.9 Å². The first-order valence-corrected chi connectivity index (χ1v) is 15.6. The number of carbonyl (C=O) groups excluding carboxylic acids is 2. The summed E-state index contributed by atoms with van der Waals surface area (Å²) in [5.41, 5.74) is 0.280. The predicted molar refractivity (Wildman–Crippen MR) is 173 cm³/mol. The number of rotatable bonds is 13. The summed E-state index contributed by atoms with van der Waals surface area (Å²) in [6.07, 6.45) is -0.842. The van der Waals surface area contributed by atoms with E-state index in [1.54, 1.807) is 24.2 Å². The van der Waals surface area contributed by atoms with E-state index in [2.05, 4.69) is 15.3 Å². The molecular formula is C34H38F3N5O3S. The lowest BCUT2D eigenvalue weighted by Crippen LogP contribution is -2.49. The zero-order chi connectivity index (χ0) is 33.6. The Hall–Kier alpha value is -4.29. The number of aliphatic hydroxyl groups is 1. The third-order valence-electron chi connectivity index (χ3n) is 7.49. The van der Waals surface area contributed by atoms with Gasteiger partial charge in [0.1, 0.15) is 10.7 Å². The Balaban J connectivity index is 1.58. The number of carbonyl (C=O) groups is 2. The molecule has 8 nitrogen and oxygen atoms in total. The van der Waals surface area contributed by atoms with Gasteiger partial charge in [0.15, 0.2) is 0 Å². The number of benzene rings is 2. The summed E-state index contributed by atoms with van der Waals surface area (Å²) in [5, 5.41) is 16.7. The van der Waals surface area contributed by atoms with Crippen molar-refractivity contribution in [3.8, 4) is 0 Å². The molecule has 2 aromatic heterocycles. The van der Waals surface area contributed by atoms with E-state index in [9.17, 15) is 27.9 Å². The van der Waals surface area contributed by atoms with Crippen molar-refractivity contribution in [2.24, 2.45) is 0 Å². The summed E-state index contributed by atoms with van der Waals surface area (Å²) in [7, 11) is 3.25. The number of thiazole rings is 1. The van der Waals surface area contributed by atoms with E-state index < -0.39 is 41.6 Å². The van der Waals surface area contributed by atoms with Gasteiger partial charge in [-0.2, -0.15) is 0 Å². The maximum absolute atomic E-state index is 14.6. The number of nitrogens with one attached hydrogen (secondary N) is 1. The fraction of sp³-hybridized carbons (Fsp3) is 0.353. The summed E-state index contributed by atoms with van der Waals surface area (Å²) < 4.78 is 42.5. The van der Waals surface area contributed by atoms with Crippen LogP contribution in [0.4, 0.5) is 18.9 Å². The quantitative estimate of drug-likeness (QED) is 0.181. The van der Waals surface area contributed by atoms with Gasteiger partial charge in [-0.3, -0.25) is 14.6 Å². The van der Waals surface area contributed by atoms with Crippen molar-refractivity contribution in [2.75, 3.05) is 25.5 Å². The van der Waals surface area contributed by atoms with Gasteiger partial charge in [0.25, 0.3) is 18.2 Å². The van der Waals surface area contributed by atoms with Gasteiger partial charge < -0.3 is 20.2 Å². The molecule has 12 heteroatoms. The van der Waals surface area contributed by atoms with E-state index >= 15 is 0 Å². The molecule has 0 bridgehead atoms. The number of halogens is 3. The Morgan fingerprint density at radius 3 is 2.37 bits per heavy atom. The minimum Gasteiger partial charge on any atom is -0.389 e. The molecule has 2 amide bonds. The van der Waals surface area contributed by atoms with Gasteiger partial charge in [0.2, 0.25) is 0 Å². The molecule has 0 aliphatic rings. The van der Waals surface area contributed by atoms with Crippen LogP contribution in [0.3, 0.4) is 0 Å². The van der Waals surface area contributed by atoms with Gasteiger partial charge in [0, 0.05) is 60.2 Å². The van der Waals surface area contributed by atoms with Crippen molar-refractivity contribution in [3.63, 3.8) is 0 Å². The van der Waals surface area contributed by atoms with Gasteiger partial charge in [0.05, 0.1) is 30.6 Å². The second kappa shape index (κ2) is 14.9. The number of nitrogens with zero attached hydrogens (tertiary/aromatic N) is 4. The Labute approximate surface area is 270 Å². The summed E-state index contributed by atoms with van der Waals surface area (Å²) in [6.45, 7) is 4.90. The van der Waals surface area contributed by atoms with E-state index in [-0.39, 0.29) is 30.6 Å². The Kier molecular flexibility index (Phi) is 11.2. The summed E-state index contributed by atoms with van der Waals surface area (Å²) in [6, 6.07) is 13.4. The van der Waals surface area contributed by atoms with Crippen LogP contribution in [-0.4, -0.2) is 64.6 Å². The first-order chi connectivity index (χ1) is 21.7. The van der Waals surface area contributed by atoms with Crippen LogP contribution in [0.5, 0.6) is 0 Å². The fourth-order valence-electron chi connectivity index (χ4n) is 4.88. The topological polar surface area (TPSA) is 98.7 Å². The second-order valence-corrected chi connectivity index (χ2v) is 12.8. The van der Waals surface area contributed by atoms with Crippen molar-refractivity contribution in [2.45, 2.75) is 58.0 Å². The molecule has 2 N–H and O–H groups in total. The van der Waals surface area contributed by atoms with E-state index in [4.69, 9.17) is 0 Å². The highest BCUT2D eigenvalue weighted by Crippen LogP contribution is 2.27. The summed E-state index contributed by atoms with van der Waals surface area (Å²) in [4.78, 5) is 38.4. The lowest BCUT2D eigenvalue weighted by molar-refractivity contribution is 0.0784. The van der Waals surface area contributed by atoms with E-state index in [1.165, 1.54) is 49.4 Å². The number of likely N-dealkylation sites (N-methyl/N-ethyl adjacent to an activating group) is 1. The number of pyridine rings is 1. The first-order valence-electron chi connectivity index (χ1n) is 14.7. The molecular weight excluding hydrogens is 615 g/mol.